The molecule has 2 rings (SSSR count). The Kier molecular flexibility index (Phi) is 7.77. The number of anilines is 1. The van der Waals surface area contributed by atoms with Crippen LogP contribution in [0, 0.1) is 6.92 Å². The Morgan fingerprint density at radius 2 is 1.55 bits per heavy atom. The molecule has 0 saturated carbocycles. The van der Waals surface area contributed by atoms with Gasteiger partial charge in [-0.2, -0.15) is 0 Å². The third-order valence-corrected chi connectivity index (χ3v) is 4.58. The van der Waals surface area contributed by atoms with Crippen molar-refractivity contribution in [2.24, 2.45) is 0 Å². The average Bonchev–Trinajstić information content (AvgIpc) is 2.73. The van der Waals surface area contributed by atoms with Gasteiger partial charge in [-0.1, -0.05) is 17.7 Å². The lowest BCUT2D eigenvalue weighted by Gasteiger charge is -2.21. The van der Waals surface area contributed by atoms with Crippen LogP contribution in [-0.4, -0.2) is 36.9 Å². The number of amides is 3. The minimum absolute atomic E-state index is 0.352. The van der Waals surface area contributed by atoms with Gasteiger partial charge < -0.3 is 10.2 Å². The van der Waals surface area contributed by atoms with Gasteiger partial charge in [-0.15, -0.1) is 0 Å². The van der Waals surface area contributed by atoms with Crippen molar-refractivity contribution in [1.29, 1.82) is 0 Å². The Hall–Kier alpha value is -3.35. The number of hydrazine groups is 1. The lowest BCUT2D eigenvalue weighted by atomic mass is 10.1. The molecule has 2 aromatic carbocycles. The van der Waals surface area contributed by atoms with Crippen LogP contribution in [0.25, 0.3) is 0 Å². The molecule has 0 unspecified atom stereocenters. The van der Waals surface area contributed by atoms with Gasteiger partial charge in [-0.3, -0.25) is 25.2 Å². The van der Waals surface area contributed by atoms with E-state index in [2.05, 4.69) is 34.9 Å². The van der Waals surface area contributed by atoms with Crippen LogP contribution in [0.4, 0.5) is 5.69 Å². The summed E-state index contributed by atoms with van der Waals surface area (Å²) in [5.41, 5.74) is 7.61. The molecule has 0 aromatic heterocycles. The molecular weight excluding hydrogens is 368 g/mol. The molecule has 0 radical (unpaired) electrons. The molecule has 0 aliphatic carbocycles. The molecular formula is C22H28N4O3. The molecule has 0 aliphatic heterocycles. The molecule has 0 spiro atoms. The Bertz CT molecular complexity index is 861. The molecule has 0 fully saturated rings. The predicted octanol–water partition coefficient (Wildman–Crippen LogP) is 2.42. The number of nitrogens with zero attached hydrogens (tertiary/aromatic N) is 1. The molecule has 3 amide bonds. The fourth-order valence-electron chi connectivity index (χ4n) is 2.84. The third kappa shape index (κ3) is 6.07. The van der Waals surface area contributed by atoms with E-state index in [1.807, 2.05) is 25.1 Å². The normalized spacial score (nSPS) is 11.3. The highest BCUT2D eigenvalue weighted by molar-refractivity contribution is 5.99. The summed E-state index contributed by atoms with van der Waals surface area (Å²) in [6, 6.07) is 13.4. The van der Waals surface area contributed by atoms with Crippen LogP contribution in [-0.2, 0) is 4.79 Å². The molecule has 29 heavy (non-hydrogen) atoms. The van der Waals surface area contributed by atoms with Crippen LogP contribution < -0.4 is 21.1 Å². The summed E-state index contributed by atoms with van der Waals surface area (Å²) in [6.45, 7) is 9.33. The van der Waals surface area contributed by atoms with Gasteiger partial charge in [-0.25, -0.2) is 0 Å². The Morgan fingerprint density at radius 3 is 2.14 bits per heavy atom. The van der Waals surface area contributed by atoms with E-state index in [0.717, 1.165) is 24.3 Å². The number of carbonyl (C=O) groups is 3. The summed E-state index contributed by atoms with van der Waals surface area (Å²) in [5.74, 6) is -1.30. The predicted molar refractivity (Wildman–Crippen MR) is 114 cm³/mol. The molecule has 0 aliphatic rings. The molecule has 7 heteroatoms. The smallest absolute Gasteiger partial charge is 0.269 e. The van der Waals surface area contributed by atoms with Crippen molar-refractivity contribution in [2.75, 3.05) is 18.0 Å². The highest BCUT2D eigenvalue weighted by atomic mass is 16.2. The number of aryl methyl sites for hydroxylation is 1. The van der Waals surface area contributed by atoms with Crippen molar-refractivity contribution in [3.63, 3.8) is 0 Å². The first-order chi connectivity index (χ1) is 13.8. The van der Waals surface area contributed by atoms with Crippen LogP contribution >= 0.6 is 0 Å². The SMILES string of the molecule is CCN(CC)c1ccc(C(=O)NNC(=O)[C@H](C)NC(=O)c2cccc(C)c2)cc1. The quantitative estimate of drug-likeness (QED) is 0.627. The highest BCUT2D eigenvalue weighted by Gasteiger charge is 2.17. The number of hydrogen-bond acceptors (Lipinski definition) is 4. The van der Waals surface area contributed by atoms with E-state index >= 15 is 0 Å². The second kappa shape index (κ2) is 10.3. The number of hydrogen-bond donors (Lipinski definition) is 3. The van der Waals surface area contributed by atoms with Gasteiger partial charge in [0, 0.05) is 29.9 Å². The molecule has 2 aromatic rings. The lowest BCUT2D eigenvalue weighted by Crippen LogP contribution is -2.51. The maximum absolute atomic E-state index is 12.2. The maximum Gasteiger partial charge on any atom is 0.269 e. The molecule has 7 nitrogen and oxygen atoms in total. The van der Waals surface area contributed by atoms with Crippen LogP contribution in [0.5, 0.6) is 0 Å². The topological polar surface area (TPSA) is 90.5 Å². The van der Waals surface area contributed by atoms with Gasteiger partial charge >= 0.3 is 0 Å². The first kappa shape index (κ1) is 21.9. The first-order valence-corrected chi connectivity index (χ1v) is 9.68. The van der Waals surface area contributed by atoms with E-state index in [-0.39, 0.29) is 5.91 Å². The fraction of sp³-hybridized carbons (Fsp3) is 0.318. The zero-order chi connectivity index (χ0) is 21.4. The molecule has 0 heterocycles. The summed E-state index contributed by atoms with van der Waals surface area (Å²) in [6.07, 6.45) is 0. The van der Waals surface area contributed by atoms with Crippen LogP contribution in [0.2, 0.25) is 0 Å². The van der Waals surface area contributed by atoms with Crippen molar-refractivity contribution in [3.8, 4) is 0 Å². The number of carbonyl (C=O) groups excluding carboxylic acids is 3. The Balaban J connectivity index is 1.87. The van der Waals surface area contributed by atoms with Gasteiger partial charge in [0.05, 0.1) is 0 Å². The Labute approximate surface area is 171 Å². The van der Waals surface area contributed by atoms with E-state index < -0.39 is 17.9 Å². The van der Waals surface area contributed by atoms with Crippen LogP contribution in [0.15, 0.2) is 48.5 Å². The van der Waals surface area contributed by atoms with Crippen molar-refractivity contribution in [1.82, 2.24) is 16.2 Å². The number of rotatable bonds is 7. The summed E-state index contributed by atoms with van der Waals surface area (Å²) in [7, 11) is 0. The Morgan fingerprint density at radius 1 is 0.897 bits per heavy atom. The lowest BCUT2D eigenvalue weighted by molar-refractivity contribution is -0.123. The van der Waals surface area contributed by atoms with E-state index in [9.17, 15) is 14.4 Å². The molecule has 0 bridgehead atoms. The minimum Gasteiger partial charge on any atom is -0.372 e. The van der Waals surface area contributed by atoms with Crippen LogP contribution in [0.3, 0.4) is 0 Å². The summed E-state index contributed by atoms with van der Waals surface area (Å²) in [5, 5.41) is 2.61. The minimum atomic E-state index is -0.812. The van der Waals surface area contributed by atoms with E-state index in [0.29, 0.717) is 11.1 Å². The van der Waals surface area contributed by atoms with E-state index in [1.54, 1.807) is 37.3 Å². The van der Waals surface area contributed by atoms with Crippen molar-refractivity contribution in [3.05, 3.63) is 65.2 Å². The third-order valence-electron chi connectivity index (χ3n) is 4.58. The van der Waals surface area contributed by atoms with Gasteiger partial charge in [-0.05, 0) is 64.1 Å². The molecule has 0 saturated heterocycles. The van der Waals surface area contributed by atoms with Gasteiger partial charge in [0.25, 0.3) is 17.7 Å². The average molecular weight is 396 g/mol. The second-order valence-electron chi connectivity index (χ2n) is 6.73. The molecule has 154 valence electrons. The molecule has 3 N–H and O–H groups in total. The zero-order valence-electron chi connectivity index (χ0n) is 17.3. The number of nitrogens with one attached hydrogen (secondary N) is 3. The first-order valence-electron chi connectivity index (χ1n) is 9.68. The van der Waals surface area contributed by atoms with Crippen molar-refractivity contribution in [2.45, 2.75) is 33.7 Å². The van der Waals surface area contributed by atoms with Crippen LogP contribution in [0.1, 0.15) is 47.1 Å². The van der Waals surface area contributed by atoms with Gasteiger partial charge in [0.15, 0.2) is 0 Å². The van der Waals surface area contributed by atoms with Gasteiger partial charge in [0.1, 0.15) is 6.04 Å². The molecule has 1 atom stereocenters. The standard InChI is InChI=1S/C22H28N4O3/c1-5-26(6-2)19-12-10-17(11-13-19)22(29)25-24-20(27)16(4)23-21(28)18-9-7-8-15(3)14-18/h7-14,16H,5-6H2,1-4H3,(H,23,28)(H,24,27)(H,25,29)/t16-/m0/s1. The monoisotopic (exact) mass is 396 g/mol. The van der Waals surface area contributed by atoms with Gasteiger partial charge in [0.2, 0.25) is 0 Å². The fourth-order valence-corrected chi connectivity index (χ4v) is 2.84. The highest BCUT2D eigenvalue weighted by Crippen LogP contribution is 2.14. The maximum atomic E-state index is 12.2. The van der Waals surface area contributed by atoms with E-state index in [1.165, 1.54) is 0 Å². The summed E-state index contributed by atoms with van der Waals surface area (Å²) < 4.78 is 0. The van der Waals surface area contributed by atoms with Crippen molar-refractivity contribution < 1.29 is 14.4 Å². The summed E-state index contributed by atoms with van der Waals surface area (Å²) >= 11 is 0. The summed E-state index contributed by atoms with van der Waals surface area (Å²) in [4.78, 5) is 38.8. The second-order valence-corrected chi connectivity index (χ2v) is 6.73. The van der Waals surface area contributed by atoms with Crippen molar-refractivity contribution >= 4 is 23.4 Å². The zero-order valence-corrected chi connectivity index (χ0v) is 17.3. The number of benzene rings is 2. The largest absolute Gasteiger partial charge is 0.372 e. The van der Waals surface area contributed by atoms with E-state index in [4.69, 9.17) is 0 Å².